The number of carbonyl (C=O) groups is 4. The van der Waals surface area contributed by atoms with Crippen molar-refractivity contribution in [3.63, 3.8) is 0 Å². The van der Waals surface area contributed by atoms with E-state index < -0.39 is 23.7 Å². The third-order valence-corrected chi connectivity index (χ3v) is 12.4. The standard InChI is InChI=1S/C44H46ClFN10O7/c45-29-8-11-48-34(23-29)50-40(58)27-4-5-30(31(46)22-27)37-38-39(47)49-12-15-55(38)43(52-37)54-13-9-44(10-14-54)25-53(26-44)16-17-61-18-19-62-20-21-63-33-3-1-2-28-24-56(42(60)36(28)33)32-6-7-35(57)51-41(32)59/h1-5,8,11-12,15,22-23,32H,6-7,9-10,13-14,16-21,24-26H2,(H2,47,49)(H,48,50,58)(H,51,57,59). The molecule has 2 aromatic carbocycles. The van der Waals surface area contributed by atoms with E-state index in [4.69, 9.17) is 36.5 Å². The van der Waals surface area contributed by atoms with E-state index >= 15 is 4.39 Å². The Labute approximate surface area is 366 Å². The van der Waals surface area contributed by atoms with Crippen molar-refractivity contribution in [2.75, 3.05) is 81.7 Å². The molecular weight excluding hydrogens is 835 g/mol. The van der Waals surface area contributed by atoms with Crippen LogP contribution < -0.4 is 26.0 Å². The van der Waals surface area contributed by atoms with Gasteiger partial charge in [0.15, 0.2) is 0 Å². The van der Waals surface area contributed by atoms with Gasteiger partial charge in [-0.15, -0.1) is 0 Å². The van der Waals surface area contributed by atoms with Crippen LogP contribution in [0.25, 0.3) is 16.8 Å². The normalized spacial score (nSPS) is 18.4. The number of nitrogens with one attached hydrogen (secondary N) is 2. The highest BCUT2D eigenvalue weighted by molar-refractivity contribution is 6.30. The molecule has 4 N–H and O–H groups in total. The zero-order valence-electron chi connectivity index (χ0n) is 34.4. The van der Waals surface area contributed by atoms with Crippen LogP contribution in [0.5, 0.6) is 5.75 Å². The fourth-order valence-electron chi connectivity index (χ4n) is 8.95. The van der Waals surface area contributed by atoms with E-state index in [-0.39, 0.29) is 53.0 Å². The molecule has 0 radical (unpaired) electrons. The molecule has 17 nitrogen and oxygen atoms in total. The van der Waals surface area contributed by atoms with Gasteiger partial charge in [0.1, 0.15) is 47.1 Å². The number of rotatable bonds is 15. The van der Waals surface area contributed by atoms with E-state index in [2.05, 4.69) is 30.4 Å². The number of imidazole rings is 1. The van der Waals surface area contributed by atoms with Gasteiger partial charge in [-0.3, -0.25) is 33.8 Å². The zero-order chi connectivity index (χ0) is 43.7. The van der Waals surface area contributed by atoms with Crippen molar-refractivity contribution in [1.82, 2.24) is 34.5 Å². The number of aromatic nitrogens is 4. The van der Waals surface area contributed by atoms with Crippen molar-refractivity contribution in [3.05, 3.63) is 94.7 Å². The van der Waals surface area contributed by atoms with E-state index in [0.29, 0.717) is 72.9 Å². The summed E-state index contributed by atoms with van der Waals surface area (Å²) < 4.78 is 35.1. The minimum absolute atomic E-state index is 0.111. The lowest BCUT2D eigenvalue weighted by molar-refractivity contribution is -0.136. The Balaban J connectivity index is 0.699. The second kappa shape index (κ2) is 17.9. The summed E-state index contributed by atoms with van der Waals surface area (Å²) in [6.07, 6.45) is 7.31. The average molecular weight is 881 g/mol. The molecule has 63 heavy (non-hydrogen) atoms. The van der Waals surface area contributed by atoms with Gasteiger partial charge in [0.05, 0.1) is 32.0 Å². The number of likely N-dealkylation sites (tertiary alicyclic amines) is 1. The van der Waals surface area contributed by atoms with E-state index in [1.165, 1.54) is 35.4 Å². The molecule has 3 fully saturated rings. The first-order valence-electron chi connectivity index (χ1n) is 20.9. The molecule has 0 aliphatic carbocycles. The lowest BCUT2D eigenvalue weighted by atomic mass is 9.72. The molecule has 1 spiro atoms. The smallest absolute Gasteiger partial charge is 0.258 e. The maximum Gasteiger partial charge on any atom is 0.258 e. The van der Waals surface area contributed by atoms with Crippen molar-refractivity contribution in [1.29, 1.82) is 0 Å². The third-order valence-electron chi connectivity index (χ3n) is 12.2. The van der Waals surface area contributed by atoms with Crippen molar-refractivity contribution in [2.45, 2.75) is 38.3 Å². The fourth-order valence-corrected chi connectivity index (χ4v) is 9.11. The van der Waals surface area contributed by atoms with Gasteiger partial charge in [0.25, 0.3) is 11.8 Å². The highest BCUT2D eigenvalue weighted by Crippen LogP contribution is 2.42. The summed E-state index contributed by atoms with van der Waals surface area (Å²) in [5.74, 6) is -0.613. The Hall–Kier alpha value is -6.21. The number of nitrogens with two attached hydrogens (primary N) is 1. The summed E-state index contributed by atoms with van der Waals surface area (Å²) in [6, 6.07) is 12.0. The largest absolute Gasteiger partial charge is 0.490 e. The molecule has 19 heteroatoms. The van der Waals surface area contributed by atoms with Crippen molar-refractivity contribution in [3.8, 4) is 17.0 Å². The van der Waals surface area contributed by atoms with E-state index in [9.17, 15) is 19.2 Å². The Morgan fingerprint density at radius 2 is 1.78 bits per heavy atom. The summed E-state index contributed by atoms with van der Waals surface area (Å²) >= 11 is 6.01. The first kappa shape index (κ1) is 42.1. The van der Waals surface area contributed by atoms with E-state index in [0.717, 1.165) is 51.1 Å². The molecule has 1 atom stereocenters. The molecule has 328 valence electrons. The maximum atomic E-state index is 15.8. The number of pyridine rings is 1. The molecule has 4 aliphatic rings. The lowest BCUT2D eigenvalue weighted by Crippen LogP contribution is -2.61. The summed E-state index contributed by atoms with van der Waals surface area (Å²) in [4.78, 5) is 69.5. The predicted octanol–water partition coefficient (Wildman–Crippen LogP) is 4.19. The van der Waals surface area contributed by atoms with Crippen LogP contribution >= 0.6 is 11.6 Å². The second-order valence-corrected chi connectivity index (χ2v) is 16.7. The molecule has 1 unspecified atom stereocenters. The Kier molecular flexibility index (Phi) is 11.9. The summed E-state index contributed by atoms with van der Waals surface area (Å²) in [6.45, 7) is 6.63. The third kappa shape index (κ3) is 8.75. The van der Waals surface area contributed by atoms with Crippen LogP contribution in [0.15, 0.2) is 67.1 Å². The van der Waals surface area contributed by atoms with Gasteiger partial charge in [-0.2, -0.15) is 0 Å². The number of benzene rings is 2. The van der Waals surface area contributed by atoms with Crippen LogP contribution in [-0.2, 0) is 25.6 Å². The number of amides is 4. The first-order valence-corrected chi connectivity index (χ1v) is 21.3. The highest BCUT2D eigenvalue weighted by atomic mass is 35.5. The monoisotopic (exact) mass is 880 g/mol. The van der Waals surface area contributed by atoms with E-state index in [1.54, 1.807) is 24.5 Å². The SMILES string of the molecule is Nc1nccn2c(N3CCC4(CC3)CN(CCOCCOCCOc3cccc5c3C(=O)N(C3CCC(=O)NC3=O)C5)C4)nc(-c3ccc(C(=O)Nc4cc(Cl)ccn4)cc3F)c12. The van der Waals surface area contributed by atoms with Crippen molar-refractivity contribution in [2.24, 2.45) is 5.41 Å². The van der Waals surface area contributed by atoms with Gasteiger partial charge in [0.2, 0.25) is 17.8 Å². The molecular formula is C44H46ClFN10O7. The van der Waals surface area contributed by atoms with Gasteiger partial charge < -0.3 is 35.1 Å². The van der Waals surface area contributed by atoms with Gasteiger partial charge in [-0.05, 0) is 66.6 Å². The molecule has 3 aromatic heterocycles. The number of imide groups is 1. The molecule has 0 saturated carbocycles. The summed E-state index contributed by atoms with van der Waals surface area (Å²) in [7, 11) is 0. The number of nitrogen functional groups attached to an aromatic ring is 1. The Morgan fingerprint density at radius 3 is 2.56 bits per heavy atom. The number of carbonyl (C=O) groups excluding carboxylic acids is 4. The van der Waals surface area contributed by atoms with Crippen LogP contribution in [0.4, 0.5) is 22.0 Å². The van der Waals surface area contributed by atoms with Crippen LogP contribution in [0.1, 0.15) is 52.0 Å². The Bertz CT molecular complexity index is 2580. The van der Waals surface area contributed by atoms with Crippen LogP contribution in [0.2, 0.25) is 5.02 Å². The number of halogens is 2. The van der Waals surface area contributed by atoms with Gasteiger partial charge >= 0.3 is 0 Å². The minimum atomic E-state index is -0.679. The van der Waals surface area contributed by atoms with Crippen LogP contribution in [0.3, 0.4) is 0 Å². The topological polar surface area (TPSA) is 199 Å². The number of hydrogen-bond donors (Lipinski definition) is 3. The molecule has 3 saturated heterocycles. The Morgan fingerprint density at radius 1 is 0.984 bits per heavy atom. The number of fused-ring (bicyclic) bond motifs is 2. The highest BCUT2D eigenvalue weighted by Gasteiger charge is 2.45. The van der Waals surface area contributed by atoms with Gasteiger partial charge in [-0.1, -0.05) is 23.7 Å². The summed E-state index contributed by atoms with van der Waals surface area (Å²) in [5.41, 5.74) is 8.96. The lowest BCUT2D eigenvalue weighted by Gasteiger charge is -2.54. The predicted molar refractivity (Wildman–Crippen MR) is 230 cm³/mol. The van der Waals surface area contributed by atoms with Crippen molar-refractivity contribution >= 4 is 58.3 Å². The van der Waals surface area contributed by atoms with Crippen molar-refractivity contribution < 1.29 is 37.8 Å². The van der Waals surface area contributed by atoms with Crippen LogP contribution in [0, 0.1) is 11.2 Å². The number of anilines is 3. The molecule has 5 aromatic rings. The first-order chi connectivity index (χ1) is 30.6. The van der Waals surface area contributed by atoms with E-state index in [1.807, 2.05) is 16.5 Å². The fraction of sp³-hybridized carbons (Fsp3) is 0.386. The zero-order valence-corrected chi connectivity index (χ0v) is 35.1. The number of nitrogens with zero attached hydrogens (tertiary/aromatic N) is 7. The van der Waals surface area contributed by atoms with Crippen LogP contribution in [-0.4, -0.2) is 125 Å². The number of ether oxygens (including phenoxy) is 3. The summed E-state index contributed by atoms with van der Waals surface area (Å²) in [5, 5.41) is 5.37. The maximum absolute atomic E-state index is 15.8. The molecule has 4 aliphatic heterocycles. The molecule has 7 heterocycles. The number of hydrogen-bond acceptors (Lipinski definition) is 13. The number of piperidine rings is 2. The quantitative estimate of drug-likeness (QED) is 0.100. The molecule has 0 bridgehead atoms. The van der Waals surface area contributed by atoms with Gasteiger partial charge in [-0.25, -0.2) is 19.3 Å². The average Bonchev–Trinajstić information content (AvgIpc) is 3.81. The minimum Gasteiger partial charge on any atom is -0.490 e. The second-order valence-electron chi connectivity index (χ2n) is 16.3. The molecule has 9 rings (SSSR count). The van der Waals surface area contributed by atoms with Gasteiger partial charge in [0, 0.05) is 80.4 Å². The molecule has 4 amide bonds.